The molecule has 2 aromatic heterocycles. The van der Waals surface area contributed by atoms with Gasteiger partial charge in [-0.1, -0.05) is 19.0 Å². The fourth-order valence-electron chi connectivity index (χ4n) is 2.18. The van der Waals surface area contributed by atoms with Crippen LogP contribution in [-0.4, -0.2) is 21.7 Å². The molecule has 2 aromatic rings. The van der Waals surface area contributed by atoms with Crippen molar-refractivity contribution < 1.29 is 9.26 Å². The Morgan fingerprint density at radius 1 is 1.30 bits per heavy atom. The largest absolute Gasteiger partial charge is 0.375 e. The molecule has 0 aliphatic rings. The minimum atomic E-state index is -0.461. The fraction of sp³-hybridized carbons (Fsp3) is 0.615. The molecule has 0 unspecified atom stereocenters. The molecule has 6 nitrogen and oxygen atoms in total. The van der Waals surface area contributed by atoms with Crippen LogP contribution in [0.4, 0.5) is 5.13 Å². The van der Waals surface area contributed by atoms with E-state index in [0.29, 0.717) is 29.9 Å². The molecule has 2 rings (SSSR count). The molecule has 0 fully saturated rings. The standard InChI is InChI=1S/C13H20N4O2S/c1-4-13(5-2,18-6-3)11-16-10(19-17-11)7-9-8-20-12(14)15-9/h8H,4-7H2,1-3H3,(H2,14,15). The number of ether oxygens (including phenoxy) is 1. The molecule has 2 heterocycles. The lowest BCUT2D eigenvalue weighted by Crippen LogP contribution is -2.29. The summed E-state index contributed by atoms with van der Waals surface area (Å²) in [7, 11) is 0. The lowest BCUT2D eigenvalue weighted by Gasteiger charge is -2.27. The smallest absolute Gasteiger partial charge is 0.232 e. The number of anilines is 1. The number of rotatable bonds is 7. The van der Waals surface area contributed by atoms with Gasteiger partial charge in [-0.05, 0) is 19.8 Å². The monoisotopic (exact) mass is 296 g/mol. The normalized spacial score (nSPS) is 11.9. The summed E-state index contributed by atoms with van der Waals surface area (Å²) in [6.07, 6.45) is 2.11. The second kappa shape index (κ2) is 6.32. The van der Waals surface area contributed by atoms with E-state index in [9.17, 15) is 0 Å². The predicted molar refractivity (Wildman–Crippen MR) is 77.5 cm³/mol. The zero-order valence-electron chi connectivity index (χ0n) is 12.0. The van der Waals surface area contributed by atoms with Crippen LogP contribution in [0.15, 0.2) is 9.90 Å². The summed E-state index contributed by atoms with van der Waals surface area (Å²) >= 11 is 1.41. The van der Waals surface area contributed by atoms with Gasteiger partial charge >= 0.3 is 0 Å². The number of hydrogen-bond donors (Lipinski definition) is 1. The topological polar surface area (TPSA) is 87.1 Å². The number of thiazole rings is 1. The summed E-state index contributed by atoms with van der Waals surface area (Å²) in [5.41, 5.74) is 5.99. The highest BCUT2D eigenvalue weighted by Gasteiger charge is 2.34. The van der Waals surface area contributed by atoms with Crippen LogP contribution in [0.3, 0.4) is 0 Å². The summed E-state index contributed by atoms with van der Waals surface area (Å²) in [6, 6.07) is 0. The van der Waals surface area contributed by atoms with Gasteiger partial charge in [0.1, 0.15) is 5.60 Å². The second-order valence-corrected chi connectivity index (χ2v) is 5.39. The Morgan fingerprint density at radius 3 is 2.60 bits per heavy atom. The van der Waals surface area contributed by atoms with Crippen LogP contribution < -0.4 is 5.73 Å². The molecule has 0 atom stereocenters. The van der Waals surface area contributed by atoms with E-state index in [0.717, 1.165) is 18.5 Å². The van der Waals surface area contributed by atoms with Gasteiger partial charge in [-0.3, -0.25) is 0 Å². The first-order chi connectivity index (χ1) is 9.63. The van der Waals surface area contributed by atoms with Gasteiger partial charge in [-0.25, -0.2) is 4.98 Å². The van der Waals surface area contributed by atoms with Crippen molar-refractivity contribution >= 4 is 16.5 Å². The summed E-state index contributed by atoms with van der Waals surface area (Å²) in [5, 5.41) is 6.53. The molecule has 0 bridgehead atoms. The molecule has 0 saturated carbocycles. The van der Waals surface area contributed by atoms with Crippen LogP contribution in [0.25, 0.3) is 0 Å². The average Bonchev–Trinajstić information content (AvgIpc) is 3.06. The highest BCUT2D eigenvalue weighted by molar-refractivity contribution is 7.13. The van der Waals surface area contributed by atoms with Gasteiger partial charge in [-0.2, -0.15) is 4.98 Å². The maximum absolute atomic E-state index is 5.86. The molecule has 0 aliphatic heterocycles. The third kappa shape index (κ3) is 2.99. The van der Waals surface area contributed by atoms with Crippen molar-refractivity contribution in [2.75, 3.05) is 12.3 Å². The highest BCUT2D eigenvalue weighted by Crippen LogP contribution is 2.31. The Balaban J connectivity index is 2.18. The number of nitrogens with two attached hydrogens (primary N) is 1. The van der Waals surface area contributed by atoms with Crippen molar-refractivity contribution in [3.8, 4) is 0 Å². The number of nitrogens with zero attached hydrogens (tertiary/aromatic N) is 3. The number of aromatic nitrogens is 3. The Kier molecular flexibility index (Phi) is 4.72. The van der Waals surface area contributed by atoms with Gasteiger partial charge in [0, 0.05) is 12.0 Å². The van der Waals surface area contributed by atoms with Crippen LogP contribution in [0.1, 0.15) is 51.0 Å². The molecule has 0 aliphatic carbocycles. The van der Waals surface area contributed by atoms with Crippen molar-refractivity contribution in [1.82, 2.24) is 15.1 Å². The van der Waals surface area contributed by atoms with E-state index in [1.54, 1.807) is 0 Å². The van der Waals surface area contributed by atoms with E-state index in [4.69, 9.17) is 15.0 Å². The molecular weight excluding hydrogens is 276 g/mol. The first-order valence-corrected chi connectivity index (χ1v) is 7.68. The van der Waals surface area contributed by atoms with Crippen molar-refractivity contribution in [2.45, 2.75) is 45.6 Å². The molecule has 0 amide bonds. The van der Waals surface area contributed by atoms with Crippen molar-refractivity contribution in [2.24, 2.45) is 0 Å². The lowest BCUT2D eigenvalue weighted by molar-refractivity contribution is -0.0583. The molecule has 110 valence electrons. The van der Waals surface area contributed by atoms with Crippen molar-refractivity contribution in [1.29, 1.82) is 0 Å². The third-order valence-electron chi connectivity index (χ3n) is 3.34. The lowest BCUT2D eigenvalue weighted by atomic mass is 9.96. The van der Waals surface area contributed by atoms with E-state index in [-0.39, 0.29) is 0 Å². The third-order valence-corrected chi connectivity index (χ3v) is 4.06. The summed E-state index contributed by atoms with van der Waals surface area (Å²) in [5.74, 6) is 1.15. The van der Waals surface area contributed by atoms with E-state index in [2.05, 4.69) is 29.0 Å². The molecule has 7 heteroatoms. The first kappa shape index (κ1) is 14.9. The van der Waals surface area contributed by atoms with Gasteiger partial charge in [0.05, 0.1) is 12.1 Å². The van der Waals surface area contributed by atoms with Gasteiger partial charge in [0.25, 0.3) is 0 Å². The molecule has 20 heavy (non-hydrogen) atoms. The van der Waals surface area contributed by atoms with E-state index in [1.807, 2.05) is 12.3 Å². The van der Waals surface area contributed by atoms with E-state index >= 15 is 0 Å². The van der Waals surface area contributed by atoms with Gasteiger partial charge in [0.2, 0.25) is 11.7 Å². The van der Waals surface area contributed by atoms with Gasteiger partial charge in [-0.15, -0.1) is 11.3 Å². The highest BCUT2D eigenvalue weighted by atomic mass is 32.1. The minimum absolute atomic E-state index is 0.461. The molecule has 0 spiro atoms. The quantitative estimate of drug-likeness (QED) is 0.845. The predicted octanol–water partition coefficient (Wildman–Crippen LogP) is 2.75. The Bertz CT molecular complexity index is 548. The zero-order valence-corrected chi connectivity index (χ0v) is 12.9. The Labute approximate surface area is 122 Å². The molecule has 0 aromatic carbocycles. The van der Waals surface area contributed by atoms with Crippen LogP contribution in [-0.2, 0) is 16.8 Å². The maximum atomic E-state index is 5.86. The SMILES string of the molecule is CCOC(CC)(CC)c1noc(Cc2csc(N)n2)n1. The number of nitrogen functional groups attached to an aromatic ring is 1. The summed E-state index contributed by atoms with van der Waals surface area (Å²) in [6.45, 7) is 6.72. The zero-order chi connectivity index (χ0) is 14.6. The average molecular weight is 296 g/mol. The fourth-order valence-corrected chi connectivity index (χ4v) is 2.74. The molecular formula is C13H20N4O2S. The van der Waals surface area contributed by atoms with Gasteiger partial charge in [0.15, 0.2) is 5.13 Å². The van der Waals surface area contributed by atoms with E-state index < -0.39 is 5.60 Å². The van der Waals surface area contributed by atoms with Crippen LogP contribution in [0.5, 0.6) is 0 Å². The van der Waals surface area contributed by atoms with Crippen LogP contribution in [0.2, 0.25) is 0 Å². The number of hydrogen-bond acceptors (Lipinski definition) is 7. The minimum Gasteiger partial charge on any atom is -0.375 e. The van der Waals surface area contributed by atoms with Gasteiger partial charge < -0.3 is 15.0 Å². The van der Waals surface area contributed by atoms with Crippen LogP contribution in [0, 0.1) is 0 Å². The molecule has 0 saturated heterocycles. The molecule has 2 N–H and O–H groups in total. The van der Waals surface area contributed by atoms with Crippen molar-refractivity contribution in [3.63, 3.8) is 0 Å². The van der Waals surface area contributed by atoms with Crippen molar-refractivity contribution in [3.05, 3.63) is 22.8 Å². The summed E-state index contributed by atoms with van der Waals surface area (Å²) in [4.78, 5) is 8.66. The summed E-state index contributed by atoms with van der Waals surface area (Å²) < 4.78 is 11.2. The Hall–Kier alpha value is -1.47. The van der Waals surface area contributed by atoms with Crippen LogP contribution >= 0.6 is 11.3 Å². The maximum Gasteiger partial charge on any atom is 0.232 e. The van der Waals surface area contributed by atoms with E-state index in [1.165, 1.54) is 11.3 Å². The first-order valence-electron chi connectivity index (χ1n) is 6.80. The Morgan fingerprint density at radius 2 is 2.05 bits per heavy atom. The molecule has 0 radical (unpaired) electrons. The second-order valence-electron chi connectivity index (χ2n) is 4.50.